The molecule has 0 aromatic rings. The number of hydrogen-bond acceptors (Lipinski definition) is 6. The quantitative estimate of drug-likeness (QED) is 0.0261. The highest BCUT2D eigenvalue weighted by atomic mass is 16.6. The molecule has 0 spiro atoms. The van der Waals surface area contributed by atoms with Gasteiger partial charge >= 0.3 is 17.9 Å². The first kappa shape index (κ1) is 74.6. The molecule has 0 aliphatic carbocycles. The number of ether oxygens (including phenoxy) is 3. The van der Waals surface area contributed by atoms with Gasteiger partial charge in [-0.25, -0.2) is 0 Å². The van der Waals surface area contributed by atoms with Crippen molar-refractivity contribution in [2.45, 2.75) is 341 Å². The summed E-state index contributed by atoms with van der Waals surface area (Å²) in [4.78, 5) is 38.4. The lowest BCUT2D eigenvalue weighted by Crippen LogP contribution is -2.30. The Balaban J connectivity index is 4.39. The molecule has 78 heavy (non-hydrogen) atoms. The van der Waals surface area contributed by atoms with Crippen LogP contribution in [-0.4, -0.2) is 37.2 Å². The summed E-state index contributed by atoms with van der Waals surface area (Å²) in [5, 5.41) is 0. The zero-order valence-corrected chi connectivity index (χ0v) is 51.7. The minimum Gasteiger partial charge on any atom is -0.462 e. The molecule has 6 heteroatoms. The first-order valence-electron chi connectivity index (χ1n) is 33.6. The topological polar surface area (TPSA) is 78.9 Å². The van der Waals surface area contributed by atoms with E-state index in [1.807, 2.05) is 0 Å². The van der Waals surface area contributed by atoms with Crippen LogP contribution in [0.1, 0.15) is 335 Å². The number of carbonyl (C=O) groups is 3. The van der Waals surface area contributed by atoms with E-state index in [1.54, 1.807) is 0 Å². The minimum atomic E-state index is -0.791. The molecule has 0 saturated carbocycles. The predicted octanol–water partition coefficient (Wildman–Crippen LogP) is 23.1. The van der Waals surface area contributed by atoms with Crippen molar-refractivity contribution in [2.75, 3.05) is 13.2 Å². The van der Waals surface area contributed by atoms with Gasteiger partial charge in [-0.1, -0.05) is 305 Å². The molecule has 0 fully saturated rings. The third-order valence-electron chi connectivity index (χ3n) is 14.6. The van der Waals surface area contributed by atoms with Crippen molar-refractivity contribution in [3.8, 4) is 0 Å². The van der Waals surface area contributed by atoms with Gasteiger partial charge in [-0.3, -0.25) is 14.4 Å². The Labute approximate surface area is 484 Å². The molecule has 450 valence electrons. The highest BCUT2D eigenvalue weighted by Gasteiger charge is 2.19. The summed E-state index contributed by atoms with van der Waals surface area (Å²) >= 11 is 0. The van der Waals surface area contributed by atoms with E-state index in [1.165, 1.54) is 180 Å². The van der Waals surface area contributed by atoms with Gasteiger partial charge in [0.1, 0.15) is 13.2 Å². The molecule has 0 bridgehead atoms. The Morgan fingerprint density at radius 2 is 0.500 bits per heavy atom. The highest BCUT2D eigenvalue weighted by Crippen LogP contribution is 2.17. The van der Waals surface area contributed by atoms with Crippen molar-refractivity contribution in [3.05, 3.63) is 85.1 Å². The maximum atomic E-state index is 12.9. The van der Waals surface area contributed by atoms with Gasteiger partial charge in [0.05, 0.1) is 0 Å². The van der Waals surface area contributed by atoms with E-state index in [-0.39, 0.29) is 31.1 Å². The number of rotatable bonds is 61. The molecule has 1 atom stereocenters. The molecule has 1 unspecified atom stereocenters. The summed E-state index contributed by atoms with van der Waals surface area (Å²) in [5.41, 5.74) is 0. The van der Waals surface area contributed by atoms with Gasteiger partial charge in [0.15, 0.2) is 6.10 Å². The molecule has 0 rings (SSSR count). The van der Waals surface area contributed by atoms with Crippen LogP contribution in [0.25, 0.3) is 0 Å². The van der Waals surface area contributed by atoms with E-state index in [4.69, 9.17) is 14.2 Å². The van der Waals surface area contributed by atoms with Crippen molar-refractivity contribution < 1.29 is 28.6 Å². The molecule has 0 N–H and O–H groups in total. The van der Waals surface area contributed by atoms with Crippen LogP contribution in [0.3, 0.4) is 0 Å². The zero-order valence-electron chi connectivity index (χ0n) is 51.7. The molecule has 0 saturated heterocycles. The van der Waals surface area contributed by atoms with Crippen LogP contribution in [0.15, 0.2) is 85.1 Å². The van der Waals surface area contributed by atoms with Crippen molar-refractivity contribution in [1.82, 2.24) is 0 Å². The number of esters is 3. The lowest BCUT2D eigenvalue weighted by atomic mass is 10.0. The van der Waals surface area contributed by atoms with Crippen LogP contribution in [0, 0.1) is 0 Å². The van der Waals surface area contributed by atoms with Crippen LogP contribution in [0.2, 0.25) is 0 Å². The smallest absolute Gasteiger partial charge is 0.306 e. The third-order valence-corrected chi connectivity index (χ3v) is 14.6. The Hall–Kier alpha value is -3.41. The fourth-order valence-electron chi connectivity index (χ4n) is 9.62. The number of carbonyl (C=O) groups excluding carboxylic acids is 3. The molecule has 0 amide bonds. The van der Waals surface area contributed by atoms with E-state index >= 15 is 0 Å². The van der Waals surface area contributed by atoms with Crippen molar-refractivity contribution in [2.24, 2.45) is 0 Å². The normalized spacial score (nSPS) is 12.6. The maximum absolute atomic E-state index is 12.9. The summed E-state index contributed by atoms with van der Waals surface area (Å²) < 4.78 is 16.9. The van der Waals surface area contributed by atoms with Crippen LogP contribution < -0.4 is 0 Å². The van der Waals surface area contributed by atoms with Crippen LogP contribution in [-0.2, 0) is 28.6 Å². The lowest BCUT2D eigenvalue weighted by molar-refractivity contribution is -0.167. The molecule has 0 radical (unpaired) electrons. The Morgan fingerprint density at radius 1 is 0.269 bits per heavy atom. The summed E-state index contributed by atoms with van der Waals surface area (Å²) in [6, 6.07) is 0. The molecular formula is C72H126O6. The molecular weight excluding hydrogens is 961 g/mol. The van der Waals surface area contributed by atoms with E-state index in [0.29, 0.717) is 19.3 Å². The van der Waals surface area contributed by atoms with Crippen LogP contribution >= 0.6 is 0 Å². The van der Waals surface area contributed by atoms with Gasteiger partial charge < -0.3 is 14.2 Å². The van der Waals surface area contributed by atoms with E-state index in [2.05, 4.69) is 106 Å². The summed E-state index contributed by atoms with van der Waals surface area (Å²) in [6.07, 6.45) is 87.4. The van der Waals surface area contributed by atoms with Gasteiger partial charge in [0, 0.05) is 19.3 Å². The predicted molar refractivity (Wildman–Crippen MR) is 339 cm³/mol. The van der Waals surface area contributed by atoms with Gasteiger partial charge in [-0.2, -0.15) is 0 Å². The Kier molecular flexibility index (Phi) is 63.2. The fourth-order valence-corrected chi connectivity index (χ4v) is 9.62. The SMILES string of the molecule is CC/C=C\C/C=C\C/C=C\C/C=C\C/C=C\C/C=C\CCCCCCC(=O)OCC(COC(=O)CCCCCCC/C=C\CCCCCCCC)OC(=O)CCCCCCCCCCCCCCCCCCCCCCCC. The molecule has 0 aromatic heterocycles. The molecule has 0 aromatic carbocycles. The zero-order chi connectivity index (χ0) is 56.4. The second-order valence-electron chi connectivity index (χ2n) is 22.4. The van der Waals surface area contributed by atoms with Gasteiger partial charge in [-0.15, -0.1) is 0 Å². The van der Waals surface area contributed by atoms with Gasteiger partial charge in [0.25, 0.3) is 0 Å². The second kappa shape index (κ2) is 66.1. The van der Waals surface area contributed by atoms with E-state index in [9.17, 15) is 14.4 Å². The highest BCUT2D eigenvalue weighted by molar-refractivity contribution is 5.71. The molecule has 0 heterocycles. The van der Waals surface area contributed by atoms with Crippen molar-refractivity contribution >= 4 is 17.9 Å². The second-order valence-corrected chi connectivity index (χ2v) is 22.4. The Morgan fingerprint density at radius 3 is 0.795 bits per heavy atom. The molecule has 0 aliphatic heterocycles. The first-order valence-corrected chi connectivity index (χ1v) is 33.6. The average molecular weight is 1090 g/mol. The number of allylic oxidation sites excluding steroid dienone is 14. The summed E-state index contributed by atoms with van der Waals surface area (Å²) in [7, 11) is 0. The monoisotopic (exact) mass is 1090 g/mol. The van der Waals surface area contributed by atoms with E-state index < -0.39 is 6.10 Å². The van der Waals surface area contributed by atoms with Gasteiger partial charge in [-0.05, 0) is 96.3 Å². The number of unbranched alkanes of at least 4 members (excludes halogenated alkanes) is 36. The summed E-state index contributed by atoms with van der Waals surface area (Å²) in [6.45, 7) is 6.54. The Bertz CT molecular complexity index is 1480. The minimum absolute atomic E-state index is 0.0864. The van der Waals surface area contributed by atoms with Gasteiger partial charge in [0.2, 0.25) is 0 Å². The van der Waals surface area contributed by atoms with Crippen LogP contribution in [0.4, 0.5) is 0 Å². The lowest BCUT2D eigenvalue weighted by Gasteiger charge is -2.18. The third kappa shape index (κ3) is 63.4. The fraction of sp³-hybridized carbons (Fsp3) is 0.764. The number of hydrogen-bond donors (Lipinski definition) is 0. The standard InChI is InChI=1S/C72H126O6/c1-4-7-10-13-16-19-22-25-28-30-32-34-36-38-39-41-44-47-50-53-56-59-62-65-71(74)77-68-69(67-76-70(73)64-61-58-55-52-49-46-43-27-24-21-18-15-12-9-6-3)78-72(75)66-63-60-57-54-51-48-45-42-40-37-35-33-31-29-26-23-20-17-14-11-8-5-2/h7,10,16,19,25,27-28,32,34,38-39,43-44,47,69H,4-6,8-9,11-15,17-18,20-24,26,29-31,33,35-37,40-42,45-46,48-68H2,1-3H3/b10-7-,19-16-,28-25-,34-32-,39-38-,43-27-,47-44-. The molecule has 6 nitrogen and oxygen atoms in total. The van der Waals surface area contributed by atoms with Crippen LogP contribution in [0.5, 0.6) is 0 Å². The molecule has 0 aliphatic rings. The van der Waals surface area contributed by atoms with Crippen molar-refractivity contribution in [3.63, 3.8) is 0 Å². The summed E-state index contributed by atoms with van der Waals surface area (Å²) in [5.74, 6) is -0.903. The van der Waals surface area contributed by atoms with E-state index in [0.717, 1.165) is 116 Å². The maximum Gasteiger partial charge on any atom is 0.306 e. The largest absolute Gasteiger partial charge is 0.462 e. The van der Waals surface area contributed by atoms with Crippen molar-refractivity contribution in [1.29, 1.82) is 0 Å². The first-order chi connectivity index (χ1) is 38.5. The average Bonchev–Trinajstić information content (AvgIpc) is 3.44.